The Morgan fingerprint density at radius 1 is 1.17 bits per heavy atom. The van der Waals surface area contributed by atoms with Crippen molar-refractivity contribution in [2.24, 2.45) is 5.10 Å². The van der Waals surface area contributed by atoms with Crippen molar-refractivity contribution in [3.63, 3.8) is 0 Å². The van der Waals surface area contributed by atoms with Gasteiger partial charge in [-0.05, 0) is 25.0 Å². The summed E-state index contributed by atoms with van der Waals surface area (Å²) >= 11 is 0. The Kier molecular flexibility index (Phi) is 8.67. The fourth-order valence-electron chi connectivity index (χ4n) is 1.71. The SMILES string of the molecule is CC/C=C\CCO/C(=N\Nc1ccccc1C(=O)OC)C(=O)OC. The summed E-state index contributed by atoms with van der Waals surface area (Å²) in [7, 11) is 2.52. The van der Waals surface area contributed by atoms with E-state index in [1.807, 2.05) is 19.1 Å². The lowest BCUT2D eigenvalue weighted by atomic mass is 10.2. The zero-order chi connectivity index (χ0) is 17.8. The molecule has 130 valence electrons. The molecule has 0 atom stereocenters. The Morgan fingerprint density at radius 2 is 1.92 bits per heavy atom. The van der Waals surface area contributed by atoms with Gasteiger partial charge in [-0.25, -0.2) is 9.59 Å². The van der Waals surface area contributed by atoms with Crippen LogP contribution in [0.3, 0.4) is 0 Å². The number of allylic oxidation sites excluding steroid dienone is 1. The van der Waals surface area contributed by atoms with Crippen LogP contribution in [0.2, 0.25) is 0 Å². The molecule has 0 aromatic heterocycles. The van der Waals surface area contributed by atoms with E-state index >= 15 is 0 Å². The summed E-state index contributed by atoms with van der Waals surface area (Å²) in [5.41, 5.74) is 3.32. The van der Waals surface area contributed by atoms with Crippen molar-refractivity contribution < 1.29 is 23.8 Å². The number of carbonyl (C=O) groups excluding carboxylic acids is 2. The van der Waals surface area contributed by atoms with Gasteiger partial charge in [-0.1, -0.05) is 31.2 Å². The van der Waals surface area contributed by atoms with Crippen LogP contribution in [0, 0.1) is 0 Å². The first-order valence-corrected chi connectivity index (χ1v) is 7.51. The molecule has 1 aromatic carbocycles. The molecular weight excluding hydrogens is 312 g/mol. The second kappa shape index (κ2) is 10.8. The summed E-state index contributed by atoms with van der Waals surface area (Å²) < 4.78 is 14.7. The first kappa shape index (κ1) is 19.2. The van der Waals surface area contributed by atoms with Crippen molar-refractivity contribution in [1.82, 2.24) is 0 Å². The molecule has 0 bridgehead atoms. The summed E-state index contributed by atoms with van der Waals surface area (Å²) in [6.07, 6.45) is 5.53. The number of hydrogen-bond acceptors (Lipinski definition) is 7. The van der Waals surface area contributed by atoms with Crippen LogP contribution in [0.5, 0.6) is 0 Å². The first-order chi connectivity index (χ1) is 11.6. The maximum absolute atomic E-state index is 11.7. The van der Waals surface area contributed by atoms with E-state index < -0.39 is 11.9 Å². The summed E-state index contributed by atoms with van der Waals surface area (Å²) in [5, 5.41) is 3.90. The summed E-state index contributed by atoms with van der Waals surface area (Å²) in [4.78, 5) is 23.4. The van der Waals surface area contributed by atoms with Gasteiger partial charge in [0.05, 0.1) is 32.1 Å². The molecule has 7 heteroatoms. The van der Waals surface area contributed by atoms with E-state index in [-0.39, 0.29) is 12.5 Å². The van der Waals surface area contributed by atoms with E-state index in [2.05, 4.69) is 15.3 Å². The van der Waals surface area contributed by atoms with Gasteiger partial charge < -0.3 is 14.2 Å². The number of nitrogens with one attached hydrogen (secondary N) is 1. The number of hydrazone groups is 1. The molecule has 1 N–H and O–H groups in total. The minimum Gasteiger partial charge on any atom is -0.471 e. The molecule has 0 aliphatic rings. The standard InChI is InChI=1S/C17H22N2O5/c1-4-5-6-9-12-24-15(17(21)23-3)19-18-14-11-8-7-10-13(14)16(20)22-2/h5-8,10-11,18H,4,9,12H2,1-3H3/b6-5-,19-15-. The van der Waals surface area contributed by atoms with Crippen LogP contribution in [0.1, 0.15) is 30.1 Å². The van der Waals surface area contributed by atoms with Gasteiger partial charge in [0.15, 0.2) is 0 Å². The summed E-state index contributed by atoms with van der Waals surface area (Å²) in [6, 6.07) is 6.63. The fraction of sp³-hybridized carbons (Fsp3) is 0.353. The van der Waals surface area contributed by atoms with Crippen molar-refractivity contribution in [1.29, 1.82) is 0 Å². The van der Waals surface area contributed by atoms with Gasteiger partial charge in [-0.3, -0.25) is 5.43 Å². The molecule has 1 aromatic rings. The zero-order valence-electron chi connectivity index (χ0n) is 14.1. The number of para-hydroxylation sites is 1. The fourth-order valence-corrected chi connectivity index (χ4v) is 1.71. The topological polar surface area (TPSA) is 86.2 Å². The molecule has 0 spiro atoms. The maximum Gasteiger partial charge on any atom is 0.395 e. The molecule has 0 unspecified atom stereocenters. The molecule has 0 aliphatic heterocycles. The number of rotatable bonds is 7. The quantitative estimate of drug-likeness (QED) is 0.206. The molecule has 0 radical (unpaired) electrons. The Labute approximate surface area is 141 Å². The average molecular weight is 334 g/mol. The van der Waals surface area contributed by atoms with Crippen molar-refractivity contribution >= 4 is 23.5 Å². The molecule has 0 heterocycles. The van der Waals surface area contributed by atoms with Crippen LogP contribution in [-0.4, -0.2) is 38.7 Å². The van der Waals surface area contributed by atoms with Crippen molar-refractivity contribution in [2.45, 2.75) is 19.8 Å². The minimum atomic E-state index is -0.711. The van der Waals surface area contributed by atoms with Gasteiger partial charge in [-0.2, -0.15) is 0 Å². The van der Waals surface area contributed by atoms with Gasteiger partial charge in [0.2, 0.25) is 0 Å². The predicted octanol–water partition coefficient (Wildman–Crippen LogP) is 2.74. The van der Waals surface area contributed by atoms with Gasteiger partial charge in [0.1, 0.15) is 0 Å². The van der Waals surface area contributed by atoms with E-state index in [4.69, 9.17) is 9.47 Å². The van der Waals surface area contributed by atoms with Crippen LogP contribution in [0.15, 0.2) is 41.5 Å². The first-order valence-electron chi connectivity index (χ1n) is 7.51. The minimum absolute atomic E-state index is 0.220. The number of methoxy groups -OCH3 is 2. The lowest BCUT2D eigenvalue weighted by Crippen LogP contribution is -2.21. The average Bonchev–Trinajstić information content (AvgIpc) is 2.63. The predicted molar refractivity (Wildman–Crippen MR) is 90.9 cm³/mol. The zero-order valence-corrected chi connectivity index (χ0v) is 14.1. The van der Waals surface area contributed by atoms with Crippen LogP contribution in [-0.2, 0) is 19.0 Å². The monoisotopic (exact) mass is 334 g/mol. The molecule has 7 nitrogen and oxygen atoms in total. The van der Waals surface area contributed by atoms with Gasteiger partial charge in [0.25, 0.3) is 0 Å². The van der Waals surface area contributed by atoms with E-state index in [1.165, 1.54) is 14.2 Å². The lowest BCUT2D eigenvalue weighted by molar-refractivity contribution is -0.134. The normalized spacial score (nSPS) is 11.2. The summed E-state index contributed by atoms with van der Waals surface area (Å²) in [5.74, 6) is -1.45. The highest BCUT2D eigenvalue weighted by Crippen LogP contribution is 2.16. The highest BCUT2D eigenvalue weighted by Gasteiger charge is 2.15. The molecule has 0 aliphatic carbocycles. The third kappa shape index (κ3) is 6.12. The van der Waals surface area contributed by atoms with Crippen LogP contribution in [0.4, 0.5) is 5.69 Å². The number of nitrogens with zero attached hydrogens (tertiary/aromatic N) is 1. The summed E-state index contributed by atoms with van der Waals surface area (Å²) in [6.45, 7) is 2.31. The smallest absolute Gasteiger partial charge is 0.395 e. The van der Waals surface area contributed by atoms with Gasteiger partial charge in [0, 0.05) is 0 Å². The van der Waals surface area contributed by atoms with Crippen LogP contribution in [0.25, 0.3) is 0 Å². The van der Waals surface area contributed by atoms with E-state index in [1.54, 1.807) is 24.3 Å². The largest absolute Gasteiger partial charge is 0.471 e. The number of ether oxygens (including phenoxy) is 3. The molecule has 0 fully saturated rings. The van der Waals surface area contributed by atoms with Gasteiger partial charge in [-0.15, -0.1) is 5.10 Å². The van der Waals surface area contributed by atoms with Crippen molar-refractivity contribution in [3.05, 3.63) is 42.0 Å². The molecular formula is C17H22N2O5. The molecule has 0 amide bonds. The number of esters is 2. The highest BCUT2D eigenvalue weighted by molar-refractivity contribution is 6.32. The third-order valence-corrected chi connectivity index (χ3v) is 2.90. The number of anilines is 1. The number of benzene rings is 1. The molecule has 24 heavy (non-hydrogen) atoms. The Bertz CT molecular complexity index is 611. The van der Waals surface area contributed by atoms with E-state index in [0.29, 0.717) is 17.7 Å². The Balaban J connectivity index is 2.83. The molecule has 1 rings (SSSR count). The van der Waals surface area contributed by atoms with E-state index in [0.717, 1.165) is 6.42 Å². The van der Waals surface area contributed by atoms with Crippen LogP contribution < -0.4 is 5.43 Å². The van der Waals surface area contributed by atoms with Gasteiger partial charge >= 0.3 is 17.8 Å². The molecule has 0 saturated carbocycles. The maximum atomic E-state index is 11.7. The second-order valence-corrected chi connectivity index (χ2v) is 4.57. The van der Waals surface area contributed by atoms with Crippen LogP contribution >= 0.6 is 0 Å². The molecule has 0 saturated heterocycles. The van der Waals surface area contributed by atoms with Crippen molar-refractivity contribution in [2.75, 3.05) is 26.3 Å². The number of carbonyl (C=O) groups is 2. The van der Waals surface area contributed by atoms with Crippen molar-refractivity contribution in [3.8, 4) is 0 Å². The van der Waals surface area contributed by atoms with E-state index in [9.17, 15) is 9.59 Å². The highest BCUT2D eigenvalue weighted by atomic mass is 16.6. The second-order valence-electron chi connectivity index (χ2n) is 4.57. The Morgan fingerprint density at radius 3 is 2.58 bits per heavy atom. The lowest BCUT2D eigenvalue weighted by Gasteiger charge is -2.09. The Hall–Kier alpha value is -2.83. The number of hydrogen-bond donors (Lipinski definition) is 1. The third-order valence-electron chi connectivity index (χ3n) is 2.90.